The number of benzene rings is 1. The first-order valence-electron chi connectivity index (χ1n) is 8.98. The molecule has 0 saturated heterocycles. The average Bonchev–Trinajstić information content (AvgIpc) is 2.99. The Hall–Kier alpha value is -3.69. The molecule has 1 heterocycles. The van der Waals surface area contributed by atoms with Gasteiger partial charge in [-0.15, -0.1) is 0 Å². The van der Waals surface area contributed by atoms with E-state index in [4.69, 9.17) is 9.47 Å². The third-order valence-corrected chi connectivity index (χ3v) is 4.62. The molecule has 1 atom stereocenters. The number of ketones is 1. The summed E-state index contributed by atoms with van der Waals surface area (Å²) in [6.45, 7) is 4.59. The summed E-state index contributed by atoms with van der Waals surface area (Å²) in [7, 11) is 4.52. The van der Waals surface area contributed by atoms with Crippen LogP contribution < -0.4 is 4.90 Å². The monoisotopic (exact) mass is 417 g/mol. The second-order valence-corrected chi connectivity index (χ2v) is 6.88. The number of carbonyl (C=O) groups excluding carboxylic acids is 3. The number of aromatic nitrogens is 1. The van der Waals surface area contributed by atoms with Crippen LogP contribution >= 0.6 is 0 Å². The highest BCUT2D eigenvalue weighted by Crippen LogP contribution is 2.28. The number of H-pyrrole nitrogens is 1. The van der Waals surface area contributed by atoms with Crippen molar-refractivity contribution in [1.82, 2.24) is 4.98 Å². The first kappa shape index (κ1) is 22.6. The standard InChI is InChI=1S/C20H23N3O7/c1-10-16(20(26)29-6)11(2)21-17(10)18(24)12(3)30-19(25)13-7-8-14(22(4)5)15(9-13)23(27)28/h7-9,12,21H,1-6H3. The van der Waals surface area contributed by atoms with Gasteiger partial charge in [-0.2, -0.15) is 0 Å². The molecule has 1 aromatic carbocycles. The first-order chi connectivity index (χ1) is 14.0. The number of hydrogen-bond acceptors (Lipinski definition) is 8. The van der Waals surface area contributed by atoms with Gasteiger partial charge >= 0.3 is 11.9 Å². The van der Waals surface area contributed by atoms with E-state index in [1.165, 1.54) is 26.2 Å². The molecule has 0 aliphatic heterocycles. The summed E-state index contributed by atoms with van der Waals surface area (Å²) in [5, 5.41) is 11.3. The average molecular weight is 417 g/mol. The van der Waals surface area contributed by atoms with Crippen molar-refractivity contribution in [3.05, 3.63) is 56.4 Å². The summed E-state index contributed by atoms with van der Waals surface area (Å²) in [5.74, 6) is -2.00. The number of ether oxygens (including phenoxy) is 2. The molecule has 0 aliphatic rings. The zero-order valence-electron chi connectivity index (χ0n) is 17.6. The SMILES string of the molecule is COC(=O)c1c(C)[nH]c(C(=O)C(C)OC(=O)c2ccc(N(C)C)c([N+](=O)[O-])c2)c1C. The number of Topliss-reactive ketones (excluding diaryl/α,β-unsaturated/α-hetero) is 1. The van der Waals surface area contributed by atoms with Gasteiger partial charge in [0.15, 0.2) is 6.10 Å². The molecule has 0 spiro atoms. The maximum atomic E-state index is 12.8. The van der Waals surface area contributed by atoms with Crippen LogP contribution in [0.3, 0.4) is 0 Å². The number of rotatable bonds is 7. The van der Waals surface area contributed by atoms with Gasteiger partial charge < -0.3 is 19.4 Å². The van der Waals surface area contributed by atoms with Crippen molar-refractivity contribution >= 4 is 29.1 Å². The molecule has 0 amide bonds. The lowest BCUT2D eigenvalue weighted by molar-refractivity contribution is -0.384. The Morgan fingerprint density at radius 2 is 1.80 bits per heavy atom. The minimum Gasteiger partial charge on any atom is -0.465 e. The Labute approximate surface area is 172 Å². The summed E-state index contributed by atoms with van der Waals surface area (Å²) in [6, 6.07) is 3.93. The zero-order valence-corrected chi connectivity index (χ0v) is 17.6. The van der Waals surface area contributed by atoms with Crippen molar-refractivity contribution in [2.45, 2.75) is 26.9 Å². The van der Waals surface area contributed by atoms with E-state index in [1.807, 2.05) is 0 Å². The maximum Gasteiger partial charge on any atom is 0.339 e. The molecule has 0 bridgehead atoms. The molecule has 2 aromatic rings. The summed E-state index contributed by atoms with van der Waals surface area (Å²) in [4.78, 5) is 52.2. The van der Waals surface area contributed by atoms with Crippen molar-refractivity contribution < 1.29 is 28.8 Å². The van der Waals surface area contributed by atoms with Gasteiger partial charge in [-0.25, -0.2) is 9.59 Å². The Balaban J connectivity index is 2.26. The number of methoxy groups -OCH3 is 1. The van der Waals surface area contributed by atoms with Crippen LogP contribution in [0.4, 0.5) is 11.4 Å². The number of aromatic amines is 1. The van der Waals surface area contributed by atoms with Gasteiger partial charge in [-0.05, 0) is 38.5 Å². The molecule has 1 aromatic heterocycles. The van der Waals surface area contributed by atoms with Crippen molar-refractivity contribution in [2.75, 3.05) is 26.1 Å². The minimum atomic E-state index is -1.19. The molecular weight excluding hydrogens is 394 g/mol. The van der Waals surface area contributed by atoms with E-state index in [0.717, 1.165) is 6.07 Å². The Morgan fingerprint density at radius 3 is 2.33 bits per heavy atom. The molecule has 1 N–H and O–H groups in total. The highest BCUT2D eigenvalue weighted by molar-refractivity contribution is 6.04. The van der Waals surface area contributed by atoms with Gasteiger partial charge in [0, 0.05) is 25.9 Å². The van der Waals surface area contributed by atoms with Crippen LogP contribution in [-0.4, -0.2) is 54.9 Å². The number of nitro benzene ring substituents is 1. The fourth-order valence-electron chi connectivity index (χ4n) is 3.06. The summed E-state index contributed by atoms with van der Waals surface area (Å²) >= 11 is 0. The summed E-state index contributed by atoms with van der Waals surface area (Å²) < 4.78 is 9.93. The fourth-order valence-corrected chi connectivity index (χ4v) is 3.06. The summed E-state index contributed by atoms with van der Waals surface area (Å²) in [5.41, 5.74) is 1.23. The van der Waals surface area contributed by atoms with Crippen LogP contribution in [0, 0.1) is 24.0 Å². The molecule has 1 unspecified atom stereocenters. The Bertz CT molecular complexity index is 1020. The number of anilines is 1. The van der Waals surface area contributed by atoms with Crippen LogP contribution in [0.2, 0.25) is 0 Å². The predicted molar refractivity (Wildman–Crippen MR) is 108 cm³/mol. The summed E-state index contributed by atoms with van der Waals surface area (Å²) in [6.07, 6.45) is -1.19. The van der Waals surface area contributed by atoms with E-state index < -0.39 is 28.7 Å². The lowest BCUT2D eigenvalue weighted by atomic mass is 10.1. The first-order valence-corrected chi connectivity index (χ1v) is 8.98. The number of nitrogens with zero attached hydrogens (tertiary/aromatic N) is 2. The van der Waals surface area contributed by atoms with Gasteiger partial charge in [0.2, 0.25) is 5.78 Å². The fraction of sp³-hybridized carbons (Fsp3) is 0.350. The van der Waals surface area contributed by atoms with Gasteiger partial charge in [-0.3, -0.25) is 14.9 Å². The van der Waals surface area contributed by atoms with Crippen molar-refractivity contribution in [1.29, 1.82) is 0 Å². The minimum absolute atomic E-state index is 0.0541. The van der Waals surface area contributed by atoms with Crippen LogP contribution in [0.25, 0.3) is 0 Å². The Morgan fingerprint density at radius 1 is 1.17 bits per heavy atom. The van der Waals surface area contributed by atoms with Gasteiger partial charge in [0.05, 0.1) is 28.9 Å². The number of aryl methyl sites for hydroxylation is 1. The van der Waals surface area contributed by atoms with E-state index in [1.54, 1.807) is 32.8 Å². The van der Waals surface area contributed by atoms with E-state index in [9.17, 15) is 24.5 Å². The van der Waals surface area contributed by atoms with E-state index in [2.05, 4.69) is 4.98 Å². The van der Waals surface area contributed by atoms with E-state index in [-0.39, 0.29) is 22.5 Å². The second-order valence-electron chi connectivity index (χ2n) is 6.88. The molecule has 2 rings (SSSR count). The highest BCUT2D eigenvalue weighted by atomic mass is 16.6. The van der Waals surface area contributed by atoms with Crippen LogP contribution in [-0.2, 0) is 9.47 Å². The van der Waals surface area contributed by atoms with Crippen LogP contribution in [0.15, 0.2) is 18.2 Å². The third kappa shape index (κ3) is 4.32. The lowest BCUT2D eigenvalue weighted by Gasteiger charge is -2.15. The molecule has 160 valence electrons. The van der Waals surface area contributed by atoms with E-state index >= 15 is 0 Å². The number of hydrogen-bond donors (Lipinski definition) is 1. The Kier molecular flexibility index (Phi) is 6.60. The van der Waals surface area contributed by atoms with Crippen molar-refractivity contribution in [3.63, 3.8) is 0 Å². The smallest absolute Gasteiger partial charge is 0.339 e. The largest absolute Gasteiger partial charge is 0.465 e. The van der Waals surface area contributed by atoms with Gasteiger partial charge in [0.25, 0.3) is 5.69 Å². The normalized spacial score (nSPS) is 11.5. The maximum absolute atomic E-state index is 12.8. The molecule has 0 saturated carbocycles. The number of nitro groups is 1. The van der Waals surface area contributed by atoms with E-state index in [0.29, 0.717) is 16.9 Å². The highest BCUT2D eigenvalue weighted by Gasteiger charge is 2.28. The van der Waals surface area contributed by atoms with Crippen LogP contribution in [0.5, 0.6) is 0 Å². The molecule has 0 fully saturated rings. The second kappa shape index (κ2) is 8.76. The number of nitrogens with one attached hydrogen (secondary N) is 1. The number of esters is 2. The predicted octanol–water partition coefficient (Wildman–Crippen LogP) is 2.82. The van der Waals surface area contributed by atoms with Gasteiger partial charge in [0.1, 0.15) is 5.69 Å². The number of carbonyl (C=O) groups is 3. The topological polar surface area (TPSA) is 132 Å². The zero-order chi connectivity index (χ0) is 22.7. The lowest BCUT2D eigenvalue weighted by Crippen LogP contribution is -2.25. The molecule has 0 aliphatic carbocycles. The van der Waals surface area contributed by atoms with Gasteiger partial charge in [-0.1, -0.05) is 0 Å². The third-order valence-electron chi connectivity index (χ3n) is 4.62. The van der Waals surface area contributed by atoms with Crippen LogP contribution in [0.1, 0.15) is 49.4 Å². The molecule has 10 nitrogen and oxygen atoms in total. The van der Waals surface area contributed by atoms with Crippen molar-refractivity contribution in [3.8, 4) is 0 Å². The van der Waals surface area contributed by atoms with Crippen molar-refractivity contribution in [2.24, 2.45) is 0 Å². The molecule has 30 heavy (non-hydrogen) atoms. The molecule has 0 radical (unpaired) electrons. The molecular formula is C20H23N3O7. The molecule has 10 heteroatoms. The quantitative estimate of drug-likeness (QED) is 0.315.